The van der Waals surface area contributed by atoms with Gasteiger partial charge < -0.3 is 10.1 Å². The van der Waals surface area contributed by atoms with Gasteiger partial charge in [-0.1, -0.05) is 18.2 Å². The molecule has 8 heteroatoms. The molecule has 0 atom stereocenters. The molecular weight excluding hydrogens is 366 g/mol. The van der Waals surface area contributed by atoms with Crippen molar-refractivity contribution in [2.24, 2.45) is 0 Å². The van der Waals surface area contributed by atoms with Gasteiger partial charge in [-0.15, -0.1) is 11.3 Å². The number of benzene rings is 1. The molecule has 1 N–H and O–H groups in total. The largest absolute Gasteiger partial charge is 0.462 e. The number of hydrogen-bond donors (Lipinski definition) is 1. The molecule has 27 heavy (non-hydrogen) atoms. The second kappa shape index (κ2) is 7.71. The van der Waals surface area contributed by atoms with E-state index in [4.69, 9.17) is 4.74 Å². The van der Waals surface area contributed by atoms with Crippen LogP contribution >= 0.6 is 11.3 Å². The molecule has 0 bridgehead atoms. The molecule has 0 saturated heterocycles. The molecule has 0 fully saturated rings. The van der Waals surface area contributed by atoms with E-state index in [9.17, 15) is 14.4 Å². The van der Waals surface area contributed by atoms with Gasteiger partial charge in [-0.25, -0.2) is 9.48 Å². The number of amides is 1. The van der Waals surface area contributed by atoms with E-state index in [0.717, 1.165) is 27.0 Å². The molecule has 2 heterocycles. The van der Waals surface area contributed by atoms with Gasteiger partial charge in [0, 0.05) is 5.39 Å². The van der Waals surface area contributed by atoms with Crippen molar-refractivity contribution in [1.82, 2.24) is 9.78 Å². The second-order valence-corrected chi connectivity index (χ2v) is 7.04. The van der Waals surface area contributed by atoms with Gasteiger partial charge in [0.2, 0.25) is 5.91 Å². The minimum atomic E-state index is -0.413. The van der Waals surface area contributed by atoms with Gasteiger partial charge in [-0.05, 0) is 38.5 Å². The lowest BCUT2D eigenvalue weighted by molar-refractivity contribution is -0.117. The topological polar surface area (TPSA) is 90.3 Å². The van der Waals surface area contributed by atoms with Crippen LogP contribution in [0.25, 0.3) is 10.8 Å². The molecule has 0 aliphatic carbocycles. The van der Waals surface area contributed by atoms with Crippen LogP contribution < -0.4 is 10.9 Å². The molecule has 0 saturated carbocycles. The predicted molar refractivity (Wildman–Crippen MR) is 104 cm³/mol. The number of anilines is 1. The summed E-state index contributed by atoms with van der Waals surface area (Å²) in [6.07, 6.45) is 0. The van der Waals surface area contributed by atoms with Crippen LogP contribution in [0.3, 0.4) is 0 Å². The Bertz CT molecular complexity index is 1080. The van der Waals surface area contributed by atoms with E-state index in [1.54, 1.807) is 39.0 Å². The monoisotopic (exact) mass is 385 g/mol. The smallest absolute Gasteiger partial charge is 0.348 e. The van der Waals surface area contributed by atoms with Crippen LogP contribution in [0.4, 0.5) is 5.00 Å². The molecule has 0 unspecified atom stereocenters. The molecular formula is C19H19N3O4S. The number of hydrogen-bond acceptors (Lipinski definition) is 6. The first-order valence-corrected chi connectivity index (χ1v) is 9.26. The number of fused-ring (bicyclic) bond motifs is 1. The first-order valence-electron chi connectivity index (χ1n) is 8.44. The summed E-state index contributed by atoms with van der Waals surface area (Å²) in [7, 11) is 0. The standard InChI is InChI=1S/C19H19N3O4S/c1-4-26-19(25)17-11(2)9-16(27-17)20-15(23)10-22-18(24)14-8-6-5-7-13(14)12(3)21-22/h5-9H,4,10H2,1-3H3,(H,20,23). The first kappa shape index (κ1) is 18.8. The summed E-state index contributed by atoms with van der Waals surface area (Å²) in [5, 5.41) is 8.76. The Kier molecular flexibility index (Phi) is 5.36. The third-order valence-electron chi connectivity index (χ3n) is 3.99. The molecule has 0 radical (unpaired) electrons. The highest BCUT2D eigenvalue weighted by atomic mass is 32.1. The van der Waals surface area contributed by atoms with Crippen LogP contribution in [-0.4, -0.2) is 28.3 Å². The van der Waals surface area contributed by atoms with Gasteiger partial charge in [0.25, 0.3) is 5.56 Å². The number of thiophene rings is 1. The number of aromatic nitrogens is 2. The van der Waals surface area contributed by atoms with Crippen molar-refractivity contribution in [3.8, 4) is 0 Å². The Morgan fingerprint density at radius 2 is 1.93 bits per heavy atom. The molecule has 0 aliphatic rings. The Hall–Kier alpha value is -3.00. The van der Waals surface area contributed by atoms with E-state index < -0.39 is 11.9 Å². The number of nitrogens with zero attached hydrogens (tertiary/aromatic N) is 2. The van der Waals surface area contributed by atoms with E-state index in [0.29, 0.717) is 21.0 Å². The van der Waals surface area contributed by atoms with Crippen LogP contribution in [0.2, 0.25) is 0 Å². The van der Waals surface area contributed by atoms with Crippen molar-refractivity contribution in [2.45, 2.75) is 27.3 Å². The summed E-state index contributed by atoms with van der Waals surface area (Å²) in [6.45, 7) is 5.38. The van der Waals surface area contributed by atoms with Crippen molar-refractivity contribution in [1.29, 1.82) is 0 Å². The zero-order valence-electron chi connectivity index (χ0n) is 15.2. The quantitative estimate of drug-likeness (QED) is 0.682. The molecule has 0 aliphatic heterocycles. The van der Waals surface area contributed by atoms with Crippen molar-refractivity contribution >= 4 is 39.0 Å². The molecule has 2 aromatic heterocycles. The molecule has 140 valence electrons. The normalized spacial score (nSPS) is 10.8. The summed E-state index contributed by atoms with van der Waals surface area (Å²) in [6, 6.07) is 8.87. The van der Waals surface area contributed by atoms with Crippen molar-refractivity contribution in [3.05, 3.63) is 56.8 Å². The Morgan fingerprint density at radius 3 is 2.63 bits per heavy atom. The number of carbonyl (C=O) groups is 2. The van der Waals surface area contributed by atoms with Crippen LogP contribution in [0.15, 0.2) is 35.1 Å². The van der Waals surface area contributed by atoms with Crippen LogP contribution in [0, 0.1) is 13.8 Å². The van der Waals surface area contributed by atoms with Crippen molar-refractivity contribution in [3.63, 3.8) is 0 Å². The number of nitrogens with one attached hydrogen (secondary N) is 1. The van der Waals surface area contributed by atoms with E-state index in [1.165, 1.54) is 0 Å². The lowest BCUT2D eigenvalue weighted by Crippen LogP contribution is -2.30. The maximum Gasteiger partial charge on any atom is 0.348 e. The molecule has 0 spiro atoms. The molecule has 1 aromatic carbocycles. The highest BCUT2D eigenvalue weighted by Crippen LogP contribution is 2.27. The van der Waals surface area contributed by atoms with Gasteiger partial charge >= 0.3 is 5.97 Å². The van der Waals surface area contributed by atoms with Crippen LogP contribution in [-0.2, 0) is 16.1 Å². The maximum absolute atomic E-state index is 12.5. The number of aryl methyl sites for hydroxylation is 2. The number of ether oxygens (including phenoxy) is 1. The van der Waals surface area contributed by atoms with Gasteiger partial charge in [0.15, 0.2) is 0 Å². The summed E-state index contributed by atoms with van der Waals surface area (Å²) < 4.78 is 6.15. The van der Waals surface area contributed by atoms with Gasteiger partial charge in [0.1, 0.15) is 11.4 Å². The van der Waals surface area contributed by atoms with Gasteiger partial charge in [0.05, 0.1) is 22.7 Å². The summed E-state index contributed by atoms with van der Waals surface area (Å²) in [5.74, 6) is -0.806. The fourth-order valence-corrected chi connectivity index (χ4v) is 3.75. The summed E-state index contributed by atoms with van der Waals surface area (Å²) >= 11 is 1.14. The maximum atomic E-state index is 12.5. The van der Waals surface area contributed by atoms with Crippen molar-refractivity contribution < 1.29 is 14.3 Å². The molecule has 7 nitrogen and oxygen atoms in total. The van der Waals surface area contributed by atoms with E-state index in [2.05, 4.69) is 10.4 Å². The highest BCUT2D eigenvalue weighted by Gasteiger charge is 2.17. The Balaban J connectivity index is 1.80. The third-order valence-corrected chi connectivity index (χ3v) is 5.12. The van der Waals surface area contributed by atoms with Gasteiger partial charge in [-0.2, -0.15) is 5.10 Å². The number of rotatable bonds is 5. The van der Waals surface area contributed by atoms with E-state index in [1.807, 2.05) is 12.1 Å². The van der Waals surface area contributed by atoms with Gasteiger partial charge in [-0.3, -0.25) is 9.59 Å². The minimum absolute atomic E-state index is 0.212. The zero-order valence-corrected chi connectivity index (χ0v) is 16.1. The SMILES string of the molecule is CCOC(=O)c1sc(NC(=O)Cn2nc(C)c3ccccc3c2=O)cc1C. The predicted octanol–water partition coefficient (Wildman–Crippen LogP) is 2.89. The Labute approximate surface area is 159 Å². The average molecular weight is 385 g/mol. The average Bonchev–Trinajstić information content (AvgIpc) is 3.00. The first-order chi connectivity index (χ1) is 12.9. The molecule has 3 rings (SSSR count). The molecule has 3 aromatic rings. The van der Waals surface area contributed by atoms with Crippen LogP contribution in [0.1, 0.15) is 27.9 Å². The summed E-state index contributed by atoms with van der Waals surface area (Å²) in [5.41, 5.74) is 1.08. The molecule has 1 amide bonds. The fraction of sp³-hybridized carbons (Fsp3) is 0.263. The van der Waals surface area contributed by atoms with E-state index >= 15 is 0 Å². The second-order valence-electron chi connectivity index (χ2n) is 5.99. The van der Waals surface area contributed by atoms with Crippen molar-refractivity contribution in [2.75, 3.05) is 11.9 Å². The zero-order chi connectivity index (χ0) is 19.6. The van der Waals surface area contributed by atoms with Crippen LogP contribution in [0.5, 0.6) is 0 Å². The van der Waals surface area contributed by atoms with E-state index in [-0.39, 0.29) is 18.7 Å². The lowest BCUT2D eigenvalue weighted by atomic mass is 10.1. The summed E-state index contributed by atoms with van der Waals surface area (Å²) in [4.78, 5) is 37.3. The lowest BCUT2D eigenvalue weighted by Gasteiger charge is -2.08. The minimum Gasteiger partial charge on any atom is -0.462 e. The third kappa shape index (κ3) is 3.90. The number of esters is 1. The Morgan fingerprint density at radius 1 is 1.22 bits per heavy atom. The number of carbonyl (C=O) groups excluding carboxylic acids is 2. The fourth-order valence-electron chi connectivity index (χ4n) is 2.77. The highest BCUT2D eigenvalue weighted by molar-refractivity contribution is 7.18.